The first-order chi connectivity index (χ1) is 14.9. The van der Waals surface area contributed by atoms with Crippen LogP contribution < -0.4 is 19.7 Å². The van der Waals surface area contributed by atoms with Gasteiger partial charge in [0.15, 0.2) is 11.5 Å². The SMILES string of the molecule is C=CCc1cc(/C=C2/C(=O)NC(=O)N(c3ccc(CC)cc3)C2=O)cc(OC)c1OC. The Hall–Kier alpha value is -3.87. The van der Waals surface area contributed by atoms with Crippen molar-refractivity contribution in [2.45, 2.75) is 19.8 Å². The maximum Gasteiger partial charge on any atom is 0.335 e. The number of hydrogen-bond acceptors (Lipinski definition) is 5. The number of benzene rings is 2. The lowest BCUT2D eigenvalue weighted by atomic mass is 10.0. The summed E-state index contributed by atoms with van der Waals surface area (Å²) >= 11 is 0. The minimum absolute atomic E-state index is 0.157. The number of rotatable bonds is 7. The monoisotopic (exact) mass is 420 g/mol. The van der Waals surface area contributed by atoms with Crippen LogP contribution in [0.5, 0.6) is 11.5 Å². The van der Waals surface area contributed by atoms with E-state index < -0.39 is 17.8 Å². The molecule has 2 aromatic carbocycles. The standard InChI is InChI=1S/C24H24N2O5/c1-5-7-17-12-16(14-20(30-3)21(17)31-4)13-19-22(27)25-24(29)26(23(19)28)18-10-8-15(6-2)9-11-18/h5,8-14H,1,6-7H2,2-4H3,(H,25,27,29)/b19-13-. The molecule has 7 nitrogen and oxygen atoms in total. The smallest absolute Gasteiger partial charge is 0.335 e. The van der Waals surface area contributed by atoms with Crippen LogP contribution in [0.3, 0.4) is 0 Å². The van der Waals surface area contributed by atoms with E-state index >= 15 is 0 Å². The van der Waals surface area contributed by atoms with Crippen LogP contribution in [0, 0.1) is 0 Å². The van der Waals surface area contributed by atoms with Gasteiger partial charge in [-0.05, 0) is 54.3 Å². The largest absolute Gasteiger partial charge is 0.493 e. The first-order valence-electron chi connectivity index (χ1n) is 9.79. The molecule has 0 radical (unpaired) electrons. The van der Waals surface area contributed by atoms with Gasteiger partial charge in [-0.1, -0.05) is 25.1 Å². The zero-order valence-electron chi connectivity index (χ0n) is 17.7. The van der Waals surface area contributed by atoms with E-state index in [0.717, 1.165) is 22.4 Å². The van der Waals surface area contributed by atoms with E-state index in [9.17, 15) is 14.4 Å². The van der Waals surface area contributed by atoms with Crippen LogP contribution in [0.15, 0.2) is 54.6 Å². The van der Waals surface area contributed by atoms with Gasteiger partial charge in [0.25, 0.3) is 11.8 Å². The number of hydrogen-bond donors (Lipinski definition) is 1. The van der Waals surface area contributed by atoms with Crippen molar-refractivity contribution in [3.63, 3.8) is 0 Å². The van der Waals surface area contributed by atoms with Crippen LogP contribution in [0.1, 0.15) is 23.6 Å². The van der Waals surface area contributed by atoms with Crippen LogP contribution in [0.2, 0.25) is 0 Å². The molecule has 4 amide bonds. The second-order valence-corrected chi connectivity index (χ2v) is 6.89. The average Bonchev–Trinajstić information content (AvgIpc) is 2.76. The van der Waals surface area contributed by atoms with Gasteiger partial charge in [-0.3, -0.25) is 14.9 Å². The highest BCUT2D eigenvalue weighted by molar-refractivity contribution is 6.39. The lowest BCUT2D eigenvalue weighted by Crippen LogP contribution is -2.54. The number of allylic oxidation sites excluding steroid dienone is 1. The normalized spacial score (nSPS) is 15.1. The summed E-state index contributed by atoms with van der Waals surface area (Å²) in [7, 11) is 3.04. The van der Waals surface area contributed by atoms with E-state index in [4.69, 9.17) is 9.47 Å². The van der Waals surface area contributed by atoms with Crippen molar-refractivity contribution in [2.24, 2.45) is 0 Å². The van der Waals surface area contributed by atoms with Crippen LogP contribution in [-0.4, -0.2) is 32.1 Å². The summed E-state index contributed by atoms with van der Waals surface area (Å²) in [4.78, 5) is 38.9. The minimum atomic E-state index is -0.781. The lowest BCUT2D eigenvalue weighted by molar-refractivity contribution is -0.122. The summed E-state index contributed by atoms with van der Waals surface area (Å²) in [6.45, 7) is 5.76. The number of methoxy groups -OCH3 is 2. The number of carbonyl (C=O) groups is 3. The Kier molecular flexibility index (Phi) is 6.55. The van der Waals surface area contributed by atoms with E-state index in [2.05, 4.69) is 11.9 Å². The molecule has 0 atom stereocenters. The first-order valence-corrected chi connectivity index (χ1v) is 9.79. The molecule has 1 N–H and O–H groups in total. The fraction of sp³-hybridized carbons (Fsp3) is 0.208. The van der Waals surface area contributed by atoms with Gasteiger partial charge in [-0.2, -0.15) is 0 Å². The molecule has 31 heavy (non-hydrogen) atoms. The van der Waals surface area contributed by atoms with Gasteiger partial charge in [0.1, 0.15) is 5.57 Å². The average molecular weight is 420 g/mol. The van der Waals surface area contributed by atoms with E-state index in [-0.39, 0.29) is 5.57 Å². The van der Waals surface area contributed by atoms with Crippen LogP contribution in [-0.2, 0) is 22.4 Å². The van der Waals surface area contributed by atoms with E-state index in [1.807, 2.05) is 19.1 Å². The number of nitrogens with one attached hydrogen (secondary N) is 1. The minimum Gasteiger partial charge on any atom is -0.493 e. The molecular formula is C24H24N2O5. The van der Waals surface area contributed by atoms with Crippen molar-refractivity contribution >= 4 is 29.6 Å². The molecule has 1 aliphatic rings. The van der Waals surface area contributed by atoms with Crippen molar-refractivity contribution in [1.29, 1.82) is 0 Å². The van der Waals surface area contributed by atoms with E-state index in [1.54, 1.807) is 30.3 Å². The fourth-order valence-corrected chi connectivity index (χ4v) is 3.40. The van der Waals surface area contributed by atoms with Crippen LogP contribution >= 0.6 is 0 Å². The number of aryl methyl sites for hydroxylation is 1. The highest BCUT2D eigenvalue weighted by atomic mass is 16.5. The summed E-state index contributed by atoms with van der Waals surface area (Å²) in [6.07, 6.45) is 4.49. The highest BCUT2D eigenvalue weighted by Crippen LogP contribution is 2.34. The molecule has 0 aliphatic carbocycles. The third-order valence-electron chi connectivity index (χ3n) is 4.96. The molecule has 0 bridgehead atoms. The Bertz CT molecular complexity index is 1070. The summed E-state index contributed by atoms with van der Waals surface area (Å²) in [5, 5.41) is 2.23. The van der Waals surface area contributed by atoms with Crippen molar-refractivity contribution in [3.8, 4) is 11.5 Å². The Labute approximate surface area is 181 Å². The summed E-state index contributed by atoms with van der Waals surface area (Å²) < 4.78 is 10.8. The zero-order chi connectivity index (χ0) is 22.5. The molecule has 7 heteroatoms. The van der Waals surface area contributed by atoms with Crippen molar-refractivity contribution in [1.82, 2.24) is 5.32 Å². The molecule has 160 valence electrons. The second kappa shape index (κ2) is 9.30. The predicted octanol–water partition coefficient (Wildman–Crippen LogP) is 3.66. The maximum absolute atomic E-state index is 13.1. The molecular weight excluding hydrogens is 396 g/mol. The Morgan fingerprint density at radius 3 is 2.35 bits per heavy atom. The first kappa shape index (κ1) is 21.8. The Morgan fingerprint density at radius 2 is 1.77 bits per heavy atom. The summed E-state index contributed by atoms with van der Waals surface area (Å²) in [6, 6.07) is 9.71. The molecule has 0 unspecified atom stereocenters. The Balaban J connectivity index is 2.05. The summed E-state index contributed by atoms with van der Waals surface area (Å²) in [5.41, 5.74) is 2.65. The van der Waals surface area contributed by atoms with Crippen molar-refractivity contribution in [2.75, 3.05) is 19.1 Å². The van der Waals surface area contributed by atoms with Crippen LogP contribution in [0.25, 0.3) is 6.08 Å². The molecule has 1 fully saturated rings. The molecule has 0 spiro atoms. The number of nitrogens with zero attached hydrogens (tertiary/aromatic N) is 1. The number of ether oxygens (including phenoxy) is 2. The quantitative estimate of drug-likeness (QED) is 0.420. The lowest BCUT2D eigenvalue weighted by Gasteiger charge is -2.26. The highest BCUT2D eigenvalue weighted by Gasteiger charge is 2.36. The Morgan fingerprint density at radius 1 is 1.06 bits per heavy atom. The molecule has 1 saturated heterocycles. The zero-order valence-corrected chi connectivity index (χ0v) is 17.7. The molecule has 3 rings (SSSR count). The van der Waals surface area contributed by atoms with E-state index in [1.165, 1.54) is 20.3 Å². The second-order valence-electron chi connectivity index (χ2n) is 6.89. The molecule has 1 heterocycles. The molecule has 2 aromatic rings. The topological polar surface area (TPSA) is 84.9 Å². The predicted molar refractivity (Wildman–Crippen MR) is 118 cm³/mol. The maximum atomic E-state index is 13.1. The fourth-order valence-electron chi connectivity index (χ4n) is 3.40. The third-order valence-corrected chi connectivity index (χ3v) is 4.96. The molecule has 0 aromatic heterocycles. The van der Waals surface area contributed by atoms with E-state index in [0.29, 0.717) is 29.2 Å². The number of amides is 4. The number of urea groups is 1. The van der Waals surface area contributed by atoms with Gasteiger partial charge in [0, 0.05) is 5.56 Å². The van der Waals surface area contributed by atoms with Gasteiger partial charge in [-0.25, -0.2) is 9.69 Å². The third kappa shape index (κ3) is 4.35. The van der Waals surface area contributed by atoms with Crippen molar-refractivity contribution < 1.29 is 23.9 Å². The number of imide groups is 2. The van der Waals surface area contributed by atoms with Crippen LogP contribution in [0.4, 0.5) is 10.5 Å². The number of anilines is 1. The summed E-state index contributed by atoms with van der Waals surface area (Å²) in [5.74, 6) is -0.438. The number of carbonyl (C=O) groups excluding carboxylic acids is 3. The molecule has 0 saturated carbocycles. The number of barbiturate groups is 1. The van der Waals surface area contributed by atoms with Crippen molar-refractivity contribution in [3.05, 3.63) is 71.3 Å². The van der Waals surface area contributed by atoms with Gasteiger partial charge < -0.3 is 9.47 Å². The van der Waals surface area contributed by atoms with Gasteiger partial charge in [0.2, 0.25) is 0 Å². The molecule has 1 aliphatic heterocycles. The van der Waals surface area contributed by atoms with Gasteiger partial charge in [-0.15, -0.1) is 6.58 Å². The van der Waals surface area contributed by atoms with Gasteiger partial charge >= 0.3 is 6.03 Å². The van der Waals surface area contributed by atoms with Gasteiger partial charge in [0.05, 0.1) is 19.9 Å².